The molecule has 1 atom stereocenters. The summed E-state index contributed by atoms with van der Waals surface area (Å²) >= 11 is 0. The first-order valence-corrected chi connectivity index (χ1v) is 6.00. The second kappa shape index (κ2) is 5.25. The van der Waals surface area contributed by atoms with E-state index in [2.05, 4.69) is 26.1 Å². The maximum absolute atomic E-state index is 11.0. The number of nitrogens with one attached hydrogen (secondary N) is 1. The molecule has 2 N–H and O–H groups in total. The second-order valence-corrected chi connectivity index (χ2v) is 5.70. The van der Waals surface area contributed by atoms with Crippen LogP contribution in [0.15, 0.2) is 42.5 Å². The molecule has 0 radical (unpaired) electrons. The van der Waals surface area contributed by atoms with Crippen LogP contribution < -0.4 is 5.32 Å². The Morgan fingerprint density at radius 2 is 1.67 bits per heavy atom. The minimum atomic E-state index is -1.03. The summed E-state index contributed by atoms with van der Waals surface area (Å²) < 4.78 is 0. The van der Waals surface area contributed by atoms with Crippen LogP contribution in [0.25, 0.3) is 0 Å². The lowest BCUT2D eigenvalue weighted by Crippen LogP contribution is -2.41. The average molecular weight is 247 g/mol. The van der Waals surface area contributed by atoms with Crippen LogP contribution in [0.4, 0.5) is 4.79 Å². The molecule has 1 rings (SSSR count). The molecule has 0 aliphatic rings. The first-order chi connectivity index (χ1) is 8.23. The molecule has 3 heteroatoms. The summed E-state index contributed by atoms with van der Waals surface area (Å²) in [5.74, 6) is 0. The molecular formula is C15H21NO2. The summed E-state index contributed by atoms with van der Waals surface area (Å²) in [4.78, 5) is 11.0. The van der Waals surface area contributed by atoms with Crippen molar-refractivity contribution in [3.05, 3.63) is 48.0 Å². The molecule has 0 aromatic heterocycles. The van der Waals surface area contributed by atoms with Gasteiger partial charge in [-0.2, -0.15) is 0 Å². The van der Waals surface area contributed by atoms with Crippen molar-refractivity contribution in [2.45, 2.75) is 33.2 Å². The van der Waals surface area contributed by atoms with Crippen molar-refractivity contribution in [1.29, 1.82) is 0 Å². The molecule has 3 nitrogen and oxygen atoms in total. The highest BCUT2D eigenvalue weighted by atomic mass is 16.4. The molecule has 0 saturated carbocycles. The predicted octanol–water partition coefficient (Wildman–Crippen LogP) is 3.77. The largest absolute Gasteiger partial charge is 0.465 e. The van der Waals surface area contributed by atoms with Crippen LogP contribution in [0.2, 0.25) is 0 Å². The van der Waals surface area contributed by atoms with Crippen LogP contribution in [0, 0.1) is 5.41 Å². The van der Waals surface area contributed by atoms with E-state index in [9.17, 15) is 4.79 Å². The Bertz CT molecular complexity index is 432. The number of carbonyl (C=O) groups is 1. The van der Waals surface area contributed by atoms with Crippen molar-refractivity contribution >= 4 is 6.09 Å². The molecule has 0 heterocycles. The smallest absolute Gasteiger partial charge is 0.405 e. The molecule has 1 unspecified atom stereocenters. The lowest BCUT2D eigenvalue weighted by atomic mass is 9.87. The number of rotatable bonds is 3. The number of benzene rings is 1. The molecule has 98 valence electrons. The zero-order valence-electron chi connectivity index (χ0n) is 11.4. The van der Waals surface area contributed by atoms with Crippen LogP contribution in [-0.2, 0) is 5.54 Å². The van der Waals surface area contributed by atoms with E-state index >= 15 is 0 Å². The van der Waals surface area contributed by atoms with Gasteiger partial charge in [-0.05, 0) is 17.9 Å². The quantitative estimate of drug-likeness (QED) is 0.799. The first kappa shape index (κ1) is 14.3. The van der Waals surface area contributed by atoms with E-state index in [0.29, 0.717) is 0 Å². The van der Waals surface area contributed by atoms with E-state index in [0.717, 1.165) is 5.56 Å². The Balaban J connectivity index is 3.11. The maximum Gasteiger partial charge on any atom is 0.405 e. The van der Waals surface area contributed by atoms with Crippen molar-refractivity contribution in [1.82, 2.24) is 5.32 Å². The molecule has 0 fully saturated rings. The van der Waals surface area contributed by atoms with E-state index in [1.165, 1.54) is 0 Å². The molecule has 0 saturated heterocycles. The summed E-state index contributed by atoms with van der Waals surface area (Å²) in [6.45, 7) is 8.10. The van der Waals surface area contributed by atoms with Gasteiger partial charge >= 0.3 is 6.09 Å². The van der Waals surface area contributed by atoms with Gasteiger partial charge in [0.15, 0.2) is 0 Å². The zero-order valence-corrected chi connectivity index (χ0v) is 11.4. The summed E-state index contributed by atoms with van der Waals surface area (Å²) in [6.07, 6.45) is 2.91. The van der Waals surface area contributed by atoms with Gasteiger partial charge in [-0.15, -0.1) is 0 Å². The van der Waals surface area contributed by atoms with Crippen LogP contribution in [0.5, 0.6) is 0 Å². The Labute approximate surface area is 109 Å². The van der Waals surface area contributed by atoms with Crippen molar-refractivity contribution < 1.29 is 9.90 Å². The molecule has 18 heavy (non-hydrogen) atoms. The standard InChI is InChI=1S/C15H21NO2/c1-14(2,3)10-11-15(4,16-13(17)18)12-8-6-5-7-9-12/h5-11,16H,1-4H3,(H,17,18). The molecule has 1 aromatic rings. The molecule has 0 bridgehead atoms. The van der Waals surface area contributed by atoms with Crippen LogP contribution in [0.3, 0.4) is 0 Å². The van der Waals surface area contributed by atoms with Gasteiger partial charge in [0.05, 0.1) is 5.54 Å². The Hall–Kier alpha value is -1.77. The third kappa shape index (κ3) is 4.24. The van der Waals surface area contributed by atoms with Gasteiger partial charge in [0, 0.05) is 0 Å². The molecule has 0 aliphatic carbocycles. The zero-order chi connectivity index (χ0) is 13.8. The Morgan fingerprint density at radius 1 is 1.11 bits per heavy atom. The number of amides is 1. The van der Waals surface area contributed by atoms with Crippen molar-refractivity contribution in [2.24, 2.45) is 5.41 Å². The van der Waals surface area contributed by atoms with Crippen molar-refractivity contribution in [3.8, 4) is 0 Å². The topological polar surface area (TPSA) is 49.3 Å². The van der Waals surface area contributed by atoms with Crippen molar-refractivity contribution in [3.63, 3.8) is 0 Å². The van der Waals surface area contributed by atoms with Gasteiger partial charge in [-0.3, -0.25) is 0 Å². The number of carboxylic acid groups (broad SMARTS) is 1. The number of hydrogen-bond donors (Lipinski definition) is 2. The normalized spacial score (nSPS) is 15.3. The lowest BCUT2D eigenvalue weighted by molar-refractivity contribution is 0.185. The van der Waals surface area contributed by atoms with E-state index in [-0.39, 0.29) is 5.41 Å². The van der Waals surface area contributed by atoms with Gasteiger partial charge < -0.3 is 10.4 Å². The highest BCUT2D eigenvalue weighted by Gasteiger charge is 2.26. The van der Waals surface area contributed by atoms with Crippen LogP contribution in [0.1, 0.15) is 33.3 Å². The molecule has 1 aromatic carbocycles. The van der Waals surface area contributed by atoms with Gasteiger partial charge in [0.2, 0.25) is 0 Å². The minimum absolute atomic E-state index is 0.0101. The van der Waals surface area contributed by atoms with Gasteiger partial charge in [-0.1, -0.05) is 63.3 Å². The average Bonchev–Trinajstić information content (AvgIpc) is 2.26. The first-order valence-electron chi connectivity index (χ1n) is 6.00. The molecule has 1 amide bonds. The van der Waals surface area contributed by atoms with E-state index in [4.69, 9.17) is 5.11 Å². The van der Waals surface area contributed by atoms with Gasteiger partial charge in [0.1, 0.15) is 0 Å². The fourth-order valence-electron chi connectivity index (χ4n) is 1.63. The van der Waals surface area contributed by atoms with Gasteiger partial charge in [0.25, 0.3) is 0 Å². The summed E-state index contributed by atoms with van der Waals surface area (Å²) in [5, 5.41) is 11.6. The summed E-state index contributed by atoms with van der Waals surface area (Å²) in [7, 11) is 0. The predicted molar refractivity (Wildman–Crippen MR) is 73.5 cm³/mol. The fraction of sp³-hybridized carbons (Fsp3) is 0.400. The van der Waals surface area contributed by atoms with Crippen LogP contribution in [-0.4, -0.2) is 11.2 Å². The maximum atomic E-state index is 11.0. The lowest BCUT2D eigenvalue weighted by Gasteiger charge is -2.28. The minimum Gasteiger partial charge on any atom is -0.465 e. The van der Waals surface area contributed by atoms with Gasteiger partial charge in [-0.25, -0.2) is 4.79 Å². The summed E-state index contributed by atoms with van der Waals surface area (Å²) in [6, 6.07) is 9.56. The Kier molecular flexibility index (Phi) is 4.17. The third-order valence-electron chi connectivity index (χ3n) is 2.66. The van der Waals surface area contributed by atoms with E-state index in [1.807, 2.05) is 49.4 Å². The SMILES string of the molecule is CC(C)(C)C=CC(C)(NC(=O)O)c1ccccc1. The second-order valence-electron chi connectivity index (χ2n) is 5.70. The van der Waals surface area contributed by atoms with Crippen LogP contribution >= 0.6 is 0 Å². The Morgan fingerprint density at radius 3 is 2.11 bits per heavy atom. The highest BCUT2D eigenvalue weighted by molar-refractivity contribution is 5.66. The monoisotopic (exact) mass is 247 g/mol. The molecule has 0 spiro atoms. The number of allylic oxidation sites excluding steroid dienone is 1. The molecule has 0 aliphatic heterocycles. The fourth-order valence-corrected chi connectivity index (χ4v) is 1.63. The third-order valence-corrected chi connectivity index (χ3v) is 2.66. The van der Waals surface area contributed by atoms with Crippen molar-refractivity contribution in [2.75, 3.05) is 0 Å². The van der Waals surface area contributed by atoms with E-state index < -0.39 is 11.6 Å². The number of hydrogen-bond acceptors (Lipinski definition) is 1. The highest BCUT2D eigenvalue weighted by Crippen LogP contribution is 2.25. The van der Waals surface area contributed by atoms with E-state index in [1.54, 1.807) is 0 Å². The molecular weight excluding hydrogens is 226 g/mol. The summed E-state index contributed by atoms with van der Waals surface area (Å²) in [5.41, 5.74) is 0.226.